The van der Waals surface area contributed by atoms with E-state index in [1.165, 1.54) is 0 Å². The summed E-state index contributed by atoms with van der Waals surface area (Å²) in [5.41, 5.74) is 0.580. The zero-order valence-electron chi connectivity index (χ0n) is 8.85. The van der Waals surface area contributed by atoms with E-state index in [0.29, 0.717) is 12.3 Å². The van der Waals surface area contributed by atoms with Gasteiger partial charge >= 0.3 is 0 Å². The first-order valence-electron chi connectivity index (χ1n) is 5.34. The van der Waals surface area contributed by atoms with Gasteiger partial charge in [0.05, 0.1) is 6.10 Å². The molecule has 3 heteroatoms. The van der Waals surface area contributed by atoms with Crippen LogP contribution in [0.4, 0.5) is 0 Å². The molecule has 15 heavy (non-hydrogen) atoms. The van der Waals surface area contributed by atoms with Crippen LogP contribution in [0.5, 0.6) is 0 Å². The molecule has 80 valence electrons. The Balaban J connectivity index is 2.08. The number of ketones is 1. The molecule has 1 saturated heterocycles. The van der Waals surface area contributed by atoms with E-state index >= 15 is 0 Å². The van der Waals surface area contributed by atoms with Gasteiger partial charge in [0.2, 0.25) is 0 Å². The lowest BCUT2D eigenvalue weighted by Gasteiger charge is -2.25. The summed E-state index contributed by atoms with van der Waals surface area (Å²) >= 11 is 0. The molecule has 0 radical (unpaired) electrons. The standard InChI is InChI=1S/C12H15NO2/c1-9-8-10(5-7-15-9)12(14)11-4-2-3-6-13-11/h2-4,6,9-10H,5,7-8H2,1H3. The second-order valence-electron chi connectivity index (χ2n) is 3.98. The van der Waals surface area contributed by atoms with E-state index in [9.17, 15) is 4.79 Å². The van der Waals surface area contributed by atoms with Crippen molar-refractivity contribution in [2.24, 2.45) is 5.92 Å². The zero-order chi connectivity index (χ0) is 10.7. The SMILES string of the molecule is CC1CC(C(=O)c2ccccn2)CCO1. The Morgan fingerprint density at radius 3 is 3.07 bits per heavy atom. The fourth-order valence-electron chi connectivity index (χ4n) is 1.95. The van der Waals surface area contributed by atoms with E-state index in [4.69, 9.17) is 4.74 Å². The largest absolute Gasteiger partial charge is 0.378 e. The van der Waals surface area contributed by atoms with Gasteiger partial charge in [0.15, 0.2) is 5.78 Å². The molecule has 0 spiro atoms. The first-order chi connectivity index (χ1) is 7.27. The summed E-state index contributed by atoms with van der Waals surface area (Å²) in [5, 5.41) is 0. The lowest BCUT2D eigenvalue weighted by Crippen LogP contribution is -2.28. The van der Waals surface area contributed by atoms with Gasteiger partial charge in [-0.3, -0.25) is 9.78 Å². The molecule has 2 rings (SSSR count). The van der Waals surface area contributed by atoms with Gasteiger partial charge < -0.3 is 4.74 Å². The molecule has 0 saturated carbocycles. The van der Waals surface area contributed by atoms with Gasteiger partial charge in [-0.2, -0.15) is 0 Å². The van der Waals surface area contributed by atoms with Crippen LogP contribution in [0.15, 0.2) is 24.4 Å². The van der Waals surface area contributed by atoms with Crippen molar-refractivity contribution in [1.82, 2.24) is 4.98 Å². The highest BCUT2D eigenvalue weighted by Crippen LogP contribution is 2.22. The monoisotopic (exact) mass is 205 g/mol. The quantitative estimate of drug-likeness (QED) is 0.694. The van der Waals surface area contributed by atoms with Crippen molar-refractivity contribution in [1.29, 1.82) is 0 Å². The van der Waals surface area contributed by atoms with Crippen LogP contribution in [0.25, 0.3) is 0 Å². The fraction of sp³-hybridized carbons (Fsp3) is 0.500. The first-order valence-corrected chi connectivity index (χ1v) is 5.34. The highest BCUT2D eigenvalue weighted by molar-refractivity contribution is 5.96. The number of Topliss-reactive ketones (excluding diaryl/α,β-unsaturated/α-hetero) is 1. The van der Waals surface area contributed by atoms with Crippen molar-refractivity contribution in [2.75, 3.05) is 6.61 Å². The number of ether oxygens (including phenoxy) is 1. The van der Waals surface area contributed by atoms with E-state index in [1.807, 2.05) is 19.1 Å². The predicted octanol–water partition coefficient (Wildman–Crippen LogP) is 2.08. The molecule has 1 aromatic heterocycles. The van der Waals surface area contributed by atoms with Crippen molar-refractivity contribution >= 4 is 5.78 Å². The van der Waals surface area contributed by atoms with Crippen LogP contribution in [0, 0.1) is 5.92 Å². The average Bonchev–Trinajstić information content (AvgIpc) is 2.29. The van der Waals surface area contributed by atoms with Crippen LogP contribution in [-0.2, 0) is 4.74 Å². The summed E-state index contributed by atoms with van der Waals surface area (Å²) in [6, 6.07) is 5.45. The molecule has 0 aromatic carbocycles. The molecule has 1 aromatic rings. The summed E-state index contributed by atoms with van der Waals surface area (Å²) in [5.74, 6) is 0.245. The summed E-state index contributed by atoms with van der Waals surface area (Å²) in [6.07, 6.45) is 3.49. The molecular weight excluding hydrogens is 190 g/mol. The number of carbonyl (C=O) groups is 1. The summed E-state index contributed by atoms with van der Waals surface area (Å²) in [4.78, 5) is 16.1. The van der Waals surface area contributed by atoms with E-state index in [-0.39, 0.29) is 17.8 Å². The second-order valence-corrected chi connectivity index (χ2v) is 3.98. The van der Waals surface area contributed by atoms with E-state index < -0.39 is 0 Å². The van der Waals surface area contributed by atoms with Gasteiger partial charge in [-0.15, -0.1) is 0 Å². The Labute approximate surface area is 89.5 Å². The maximum absolute atomic E-state index is 12.0. The summed E-state index contributed by atoms with van der Waals surface area (Å²) < 4.78 is 5.42. The molecule has 3 nitrogen and oxygen atoms in total. The number of carbonyl (C=O) groups excluding carboxylic acids is 1. The van der Waals surface area contributed by atoms with Gasteiger partial charge in [-0.25, -0.2) is 0 Å². The predicted molar refractivity (Wildman–Crippen MR) is 56.7 cm³/mol. The average molecular weight is 205 g/mol. The van der Waals surface area contributed by atoms with Crippen LogP contribution < -0.4 is 0 Å². The normalized spacial score (nSPS) is 26.2. The van der Waals surface area contributed by atoms with Crippen LogP contribution in [0.2, 0.25) is 0 Å². The topological polar surface area (TPSA) is 39.2 Å². The number of nitrogens with zero attached hydrogens (tertiary/aromatic N) is 1. The maximum Gasteiger partial charge on any atom is 0.184 e. The minimum absolute atomic E-state index is 0.0867. The minimum Gasteiger partial charge on any atom is -0.378 e. The van der Waals surface area contributed by atoms with Crippen LogP contribution in [-0.4, -0.2) is 23.5 Å². The Hall–Kier alpha value is -1.22. The van der Waals surface area contributed by atoms with E-state index in [0.717, 1.165) is 12.8 Å². The molecule has 0 N–H and O–H groups in total. The third-order valence-corrected chi connectivity index (χ3v) is 2.77. The smallest absolute Gasteiger partial charge is 0.184 e. The molecule has 0 aliphatic carbocycles. The van der Waals surface area contributed by atoms with Crippen molar-refractivity contribution in [2.45, 2.75) is 25.9 Å². The van der Waals surface area contributed by atoms with Gasteiger partial charge in [0.25, 0.3) is 0 Å². The van der Waals surface area contributed by atoms with Gasteiger partial charge in [-0.05, 0) is 31.9 Å². The Morgan fingerprint density at radius 1 is 1.53 bits per heavy atom. The number of pyridine rings is 1. The van der Waals surface area contributed by atoms with Crippen molar-refractivity contribution in [3.8, 4) is 0 Å². The number of rotatable bonds is 2. The molecule has 2 atom stereocenters. The lowest BCUT2D eigenvalue weighted by atomic mass is 9.90. The molecule has 2 unspecified atom stereocenters. The molecule has 0 amide bonds. The van der Waals surface area contributed by atoms with Crippen LogP contribution in [0.1, 0.15) is 30.3 Å². The minimum atomic E-state index is 0.0867. The molecule has 1 fully saturated rings. The third kappa shape index (κ3) is 2.42. The van der Waals surface area contributed by atoms with Gasteiger partial charge in [0.1, 0.15) is 5.69 Å². The lowest BCUT2D eigenvalue weighted by molar-refractivity contribution is 0.00506. The molecule has 2 heterocycles. The number of hydrogen-bond acceptors (Lipinski definition) is 3. The molecular formula is C12H15NO2. The zero-order valence-corrected chi connectivity index (χ0v) is 8.85. The van der Waals surface area contributed by atoms with Crippen molar-refractivity contribution in [3.05, 3.63) is 30.1 Å². The van der Waals surface area contributed by atoms with Crippen molar-refractivity contribution < 1.29 is 9.53 Å². The summed E-state index contributed by atoms with van der Waals surface area (Å²) in [6.45, 7) is 2.70. The van der Waals surface area contributed by atoms with E-state index in [1.54, 1.807) is 12.3 Å². The number of hydrogen-bond donors (Lipinski definition) is 0. The highest BCUT2D eigenvalue weighted by Gasteiger charge is 2.26. The first kappa shape index (κ1) is 10.3. The molecule has 1 aliphatic heterocycles. The molecule has 0 bridgehead atoms. The number of aromatic nitrogens is 1. The maximum atomic E-state index is 12.0. The Bertz CT molecular complexity index is 337. The van der Waals surface area contributed by atoms with E-state index in [2.05, 4.69) is 4.98 Å². The Kier molecular flexibility index (Phi) is 3.11. The summed E-state index contributed by atoms with van der Waals surface area (Å²) in [7, 11) is 0. The van der Waals surface area contributed by atoms with Crippen LogP contribution >= 0.6 is 0 Å². The third-order valence-electron chi connectivity index (χ3n) is 2.77. The second kappa shape index (κ2) is 4.53. The Morgan fingerprint density at radius 2 is 2.40 bits per heavy atom. The highest BCUT2D eigenvalue weighted by atomic mass is 16.5. The molecule has 1 aliphatic rings. The van der Waals surface area contributed by atoms with Crippen LogP contribution in [0.3, 0.4) is 0 Å². The van der Waals surface area contributed by atoms with Crippen molar-refractivity contribution in [3.63, 3.8) is 0 Å². The fourth-order valence-corrected chi connectivity index (χ4v) is 1.95. The van der Waals surface area contributed by atoms with Gasteiger partial charge in [0, 0.05) is 18.7 Å². The van der Waals surface area contributed by atoms with Gasteiger partial charge in [-0.1, -0.05) is 6.07 Å².